The maximum absolute atomic E-state index is 13.4. The molecule has 3 aromatic rings. The first-order valence-electron chi connectivity index (χ1n) is 9.49. The molecule has 8 heteroatoms. The number of fused-ring (bicyclic) bond motifs is 1. The van der Waals surface area contributed by atoms with E-state index in [9.17, 15) is 14.0 Å². The van der Waals surface area contributed by atoms with Crippen molar-refractivity contribution in [1.82, 2.24) is 15.2 Å². The van der Waals surface area contributed by atoms with Crippen molar-refractivity contribution < 1.29 is 18.7 Å². The molecule has 1 aromatic heterocycles. The van der Waals surface area contributed by atoms with E-state index < -0.39 is 11.9 Å². The van der Waals surface area contributed by atoms with Gasteiger partial charge in [0.15, 0.2) is 6.10 Å². The van der Waals surface area contributed by atoms with Gasteiger partial charge in [0.2, 0.25) is 5.91 Å². The molecular formula is C22H19ClFN3O3. The number of piperazine rings is 1. The Kier molecular flexibility index (Phi) is 5.55. The molecule has 1 aliphatic rings. The van der Waals surface area contributed by atoms with Crippen LogP contribution in [0.2, 0.25) is 5.02 Å². The summed E-state index contributed by atoms with van der Waals surface area (Å²) in [6.07, 6.45) is 0.894. The van der Waals surface area contributed by atoms with Gasteiger partial charge in [-0.3, -0.25) is 14.6 Å². The third-order valence-corrected chi connectivity index (χ3v) is 5.26. The minimum absolute atomic E-state index is 0.0353. The summed E-state index contributed by atoms with van der Waals surface area (Å²) in [5, 5.41) is 3.83. The predicted octanol–water partition coefficient (Wildman–Crippen LogP) is 3.42. The van der Waals surface area contributed by atoms with Crippen molar-refractivity contribution in [2.45, 2.75) is 13.0 Å². The van der Waals surface area contributed by atoms with Crippen LogP contribution in [-0.4, -0.2) is 47.4 Å². The number of nitrogens with zero attached hydrogens (tertiary/aromatic N) is 2. The topological polar surface area (TPSA) is 71.5 Å². The van der Waals surface area contributed by atoms with E-state index in [1.54, 1.807) is 31.3 Å². The first-order valence-corrected chi connectivity index (χ1v) is 9.86. The number of ether oxygens (including phenoxy) is 1. The molecule has 1 unspecified atom stereocenters. The lowest BCUT2D eigenvalue weighted by atomic mass is 10.0. The number of amides is 2. The zero-order valence-corrected chi connectivity index (χ0v) is 16.9. The van der Waals surface area contributed by atoms with Crippen LogP contribution in [0.4, 0.5) is 4.39 Å². The maximum Gasteiger partial charge on any atom is 0.263 e. The second-order valence-electron chi connectivity index (χ2n) is 7.03. The van der Waals surface area contributed by atoms with Crippen LogP contribution in [0.5, 0.6) is 5.75 Å². The molecule has 2 heterocycles. The average molecular weight is 428 g/mol. The highest BCUT2D eigenvalue weighted by Gasteiger charge is 2.26. The standard InChI is InChI=1S/C22H19ClFN3O3/c1-13(22(29)27-9-8-26-21(28)12-27)30-15-3-5-18-16(6-7-25-20(18)11-15)17-4-2-14(24)10-19(17)23/h2-7,10-11,13H,8-9,12H2,1H3,(H,26,28). The fourth-order valence-electron chi connectivity index (χ4n) is 3.48. The number of nitrogens with one attached hydrogen (secondary N) is 1. The van der Waals surface area contributed by atoms with E-state index >= 15 is 0 Å². The van der Waals surface area contributed by atoms with E-state index in [1.165, 1.54) is 17.0 Å². The van der Waals surface area contributed by atoms with Gasteiger partial charge in [0.1, 0.15) is 11.6 Å². The number of rotatable bonds is 4. The van der Waals surface area contributed by atoms with Gasteiger partial charge in [-0.2, -0.15) is 0 Å². The Morgan fingerprint density at radius 2 is 2.07 bits per heavy atom. The maximum atomic E-state index is 13.4. The highest BCUT2D eigenvalue weighted by molar-refractivity contribution is 6.33. The Labute approximate surface area is 177 Å². The molecule has 0 bridgehead atoms. The lowest BCUT2D eigenvalue weighted by molar-refractivity contribution is -0.143. The molecule has 6 nitrogen and oxygen atoms in total. The summed E-state index contributed by atoms with van der Waals surface area (Å²) in [7, 11) is 0. The molecule has 2 amide bonds. The van der Waals surface area contributed by atoms with Crippen LogP contribution >= 0.6 is 11.6 Å². The Morgan fingerprint density at radius 3 is 2.83 bits per heavy atom. The number of halogens is 2. The number of pyridine rings is 1. The molecule has 30 heavy (non-hydrogen) atoms. The summed E-state index contributed by atoms with van der Waals surface area (Å²) in [5.41, 5.74) is 2.17. The van der Waals surface area contributed by atoms with Crippen LogP contribution in [-0.2, 0) is 9.59 Å². The van der Waals surface area contributed by atoms with E-state index in [0.29, 0.717) is 34.9 Å². The van der Waals surface area contributed by atoms with E-state index in [0.717, 1.165) is 10.9 Å². The van der Waals surface area contributed by atoms with Crippen molar-refractivity contribution in [2.24, 2.45) is 0 Å². The second kappa shape index (κ2) is 8.28. The van der Waals surface area contributed by atoms with Crippen LogP contribution in [0.1, 0.15) is 6.92 Å². The van der Waals surface area contributed by atoms with Crippen LogP contribution in [0.25, 0.3) is 22.0 Å². The van der Waals surface area contributed by atoms with Crippen molar-refractivity contribution in [3.05, 3.63) is 59.5 Å². The molecule has 4 rings (SSSR count). The van der Waals surface area contributed by atoms with Gasteiger partial charge in [0, 0.05) is 36.3 Å². The summed E-state index contributed by atoms with van der Waals surface area (Å²) in [6.45, 7) is 2.58. The molecule has 0 saturated carbocycles. The molecule has 0 radical (unpaired) electrons. The second-order valence-corrected chi connectivity index (χ2v) is 7.44. The smallest absolute Gasteiger partial charge is 0.263 e. The van der Waals surface area contributed by atoms with E-state index in [4.69, 9.17) is 16.3 Å². The van der Waals surface area contributed by atoms with Gasteiger partial charge in [-0.05, 0) is 48.9 Å². The van der Waals surface area contributed by atoms with Gasteiger partial charge in [0.05, 0.1) is 17.1 Å². The molecule has 1 N–H and O–H groups in total. The molecule has 1 saturated heterocycles. The Bertz CT molecular complexity index is 1140. The van der Waals surface area contributed by atoms with Crippen LogP contribution in [0, 0.1) is 5.82 Å². The molecule has 1 aliphatic heterocycles. The van der Waals surface area contributed by atoms with Gasteiger partial charge in [-0.15, -0.1) is 0 Å². The zero-order chi connectivity index (χ0) is 21.3. The molecule has 1 fully saturated rings. The summed E-state index contributed by atoms with van der Waals surface area (Å²) in [6, 6.07) is 11.4. The number of hydrogen-bond donors (Lipinski definition) is 1. The molecular weight excluding hydrogens is 409 g/mol. The minimum atomic E-state index is -0.747. The summed E-state index contributed by atoms with van der Waals surface area (Å²) in [4.78, 5) is 30.0. The third-order valence-electron chi connectivity index (χ3n) is 4.95. The van der Waals surface area contributed by atoms with E-state index in [2.05, 4.69) is 10.3 Å². The summed E-state index contributed by atoms with van der Waals surface area (Å²) in [5.74, 6) is -0.337. The van der Waals surface area contributed by atoms with Crippen molar-refractivity contribution in [1.29, 1.82) is 0 Å². The molecule has 1 atom stereocenters. The van der Waals surface area contributed by atoms with Gasteiger partial charge in [-0.25, -0.2) is 4.39 Å². The molecule has 154 valence electrons. The normalized spacial score (nSPS) is 15.0. The van der Waals surface area contributed by atoms with Crippen molar-refractivity contribution in [3.8, 4) is 16.9 Å². The fourth-order valence-corrected chi connectivity index (χ4v) is 3.75. The van der Waals surface area contributed by atoms with Gasteiger partial charge >= 0.3 is 0 Å². The first-order chi connectivity index (χ1) is 14.4. The molecule has 2 aromatic carbocycles. The highest BCUT2D eigenvalue weighted by atomic mass is 35.5. The lowest BCUT2D eigenvalue weighted by Gasteiger charge is -2.29. The van der Waals surface area contributed by atoms with Crippen LogP contribution in [0.3, 0.4) is 0 Å². The quantitative estimate of drug-likeness (QED) is 0.692. The van der Waals surface area contributed by atoms with Crippen molar-refractivity contribution >= 4 is 34.3 Å². The SMILES string of the molecule is CC(Oc1ccc2c(-c3ccc(F)cc3Cl)ccnc2c1)C(=O)N1CCNC(=O)C1. The van der Waals surface area contributed by atoms with E-state index in [-0.39, 0.29) is 18.4 Å². The molecule has 0 spiro atoms. The van der Waals surface area contributed by atoms with Gasteiger partial charge in [-0.1, -0.05) is 11.6 Å². The number of carbonyl (C=O) groups excluding carboxylic acids is 2. The zero-order valence-electron chi connectivity index (χ0n) is 16.2. The molecule has 0 aliphatic carbocycles. The third kappa shape index (κ3) is 4.07. The van der Waals surface area contributed by atoms with Crippen molar-refractivity contribution in [2.75, 3.05) is 19.6 Å². The minimum Gasteiger partial charge on any atom is -0.481 e. The predicted molar refractivity (Wildman–Crippen MR) is 112 cm³/mol. The monoisotopic (exact) mass is 427 g/mol. The summed E-state index contributed by atoms with van der Waals surface area (Å²) >= 11 is 6.23. The Balaban J connectivity index is 1.58. The number of hydrogen-bond acceptors (Lipinski definition) is 4. The van der Waals surface area contributed by atoms with Gasteiger partial charge < -0.3 is 15.0 Å². The van der Waals surface area contributed by atoms with E-state index in [1.807, 2.05) is 12.1 Å². The van der Waals surface area contributed by atoms with Crippen LogP contribution in [0.15, 0.2) is 48.7 Å². The lowest BCUT2D eigenvalue weighted by Crippen LogP contribution is -2.53. The number of benzene rings is 2. The summed E-state index contributed by atoms with van der Waals surface area (Å²) < 4.78 is 19.2. The highest BCUT2D eigenvalue weighted by Crippen LogP contribution is 2.34. The Hall–Kier alpha value is -3.19. The number of carbonyl (C=O) groups is 2. The average Bonchev–Trinajstić information content (AvgIpc) is 2.73. The van der Waals surface area contributed by atoms with Gasteiger partial charge in [0.25, 0.3) is 5.91 Å². The number of aromatic nitrogens is 1. The largest absolute Gasteiger partial charge is 0.481 e. The van der Waals surface area contributed by atoms with Crippen LogP contribution < -0.4 is 10.1 Å². The van der Waals surface area contributed by atoms with Crippen molar-refractivity contribution in [3.63, 3.8) is 0 Å². The Morgan fingerprint density at radius 1 is 1.23 bits per heavy atom. The fraction of sp³-hybridized carbons (Fsp3) is 0.227. The first kappa shape index (κ1) is 20.1.